The number of ether oxygens (including phenoxy) is 3. The Hall–Kier alpha value is -0.460. The normalized spacial score (nSPS) is 57.6. The highest BCUT2D eigenvalue weighted by Crippen LogP contribution is 2.59. The van der Waals surface area contributed by atoms with Crippen LogP contribution in [0.3, 0.4) is 0 Å². The summed E-state index contributed by atoms with van der Waals surface area (Å²) in [6.07, 6.45) is 7.17. The molecule has 5 aliphatic rings. The molecule has 0 amide bonds. The molecule has 0 saturated carbocycles. The van der Waals surface area contributed by atoms with Crippen LogP contribution in [-0.2, 0) is 24.0 Å². The fourth-order valence-electron chi connectivity index (χ4n) is 6.04. The van der Waals surface area contributed by atoms with Gasteiger partial charge in [-0.15, -0.1) is 0 Å². The zero-order valence-electron chi connectivity index (χ0n) is 16.9. The van der Waals surface area contributed by atoms with Crippen molar-refractivity contribution in [1.29, 1.82) is 0 Å². The van der Waals surface area contributed by atoms with Crippen molar-refractivity contribution < 1.29 is 24.0 Å². The molecule has 0 unspecified atom stereocenters. The lowest BCUT2D eigenvalue weighted by atomic mass is 9.77. The largest absolute Gasteiger partial charge is 0.363 e. The molecule has 5 heteroatoms. The van der Waals surface area contributed by atoms with Crippen molar-refractivity contribution in [3.63, 3.8) is 0 Å². The fourth-order valence-corrected chi connectivity index (χ4v) is 6.04. The minimum Gasteiger partial charge on any atom is -0.363 e. The maximum absolute atomic E-state index is 6.65. The van der Waals surface area contributed by atoms with Crippen LogP contribution in [-0.4, -0.2) is 40.4 Å². The number of fused-ring (bicyclic) bond motifs is 5. The van der Waals surface area contributed by atoms with E-state index in [0.29, 0.717) is 5.92 Å². The van der Waals surface area contributed by atoms with Crippen LogP contribution in [0.15, 0.2) is 11.6 Å². The molecule has 5 rings (SSSR count). The Kier molecular flexibility index (Phi) is 3.34. The van der Waals surface area contributed by atoms with E-state index in [1.165, 1.54) is 5.57 Å². The van der Waals surface area contributed by atoms with E-state index in [4.69, 9.17) is 24.0 Å². The SMILES string of the molecule is C[C@H]1C[C@H]2C[C@]3(C)O[C@@H]3[C@@]3(C)OOC(C)(C)C3=CC[C@]3(C)CC[C@]1(O2)O3. The van der Waals surface area contributed by atoms with E-state index in [-0.39, 0.29) is 23.4 Å². The Morgan fingerprint density at radius 2 is 1.77 bits per heavy atom. The summed E-state index contributed by atoms with van der Waals surface area (Å²) in [6, 6.07) is 0. The number of hydrogen-bond acceptors (Lipinski definition) is 5. The smallest absolute Gasteiger partial charge is 0.172 e. The Labute approximate surface area is 156 Å². The third-order valence-corrected chi connectivity index (χ3v) is 7.52. The molecular formula is C21H32O5. The van der Waals surface area contributed by atoms with E-state index in [2.05, 4.69) is 47.6 Å². The number of hydrogen-bond donors (Lipinski definition) is 0. The molecule has 5 nitrogen and oxygen atoms in total. The van der Waals surface area contributed by atoms with Gasteiger partial charge in [0, 0.05) is 18.8 Å². The van der Waals surface area contributed by atoms with Gasteiger partial charge in [0.2, 0.25) is 0 Å². The van der Waals surface area contributed by atoms with Gasteiger partial charge in [0.15, 0.2) is 11.4 Å². The van der Waals surface area contributed by atoms with Gasteiger partial charge in [-0.25, -0.2) is 9.78 Å². The first-order chi connectivity index (χ1) is 12.0. The van der Waals surface area contributed by atoms with Crippen molar-refractivity contribution in [2.75, 3.05) is 0 Å². The molecule has 0 N–H and O–H groups in total. The summed E-state index contributed by atoms with van der Waals surface area (Å²) >= 11 is 0. The summed E-state index contributed by atoms with van der Waals surface area (Å²) in [5.41, 5.74) is -0.294. The zero-order valence-corrected chi connectivity index (χ0v) is 16.9. The van der Waals surface area contributed by atoms with Crippen LogP contribution in [0.1, 0.15) is 73.6 Å². The Bertz CT molecular complexity index is 673. The first-order valence-electron chi connectivity index (χ1n) is 10.1. The van der Waals surface area contributed by atoms with E-state index in [0.717, 1.165) is 32.1 Å². The van der Waals surface area contributed by atoms with Crippen LogP contribution in [0.25, 0.3) is 0 Å². The molecule has 5 aliphatic heterocycles. The second-order valence-electron chi connectivity index (χ2n) is 10.4. The van der Waals surface area contributed by atoms with Gasteiger partial charge in [-0.1, -0.05) is 13.0 Å². The Balaban J connectivity index is 1.57. The first-order valence-corrected chi connectivity index (χ1v) is 10.1. The topological polar surface area (TPSA) is 49.5 Å². The minimum absolute atomic E-state index is 0.00992. The molecule has 7 atom stereocenters. The summed E-state index contributed by atoms with van der Waals surface area (Å²) in [4.78, 5) is 11.7. The molecule has 3 bridgehead atoms. The van der Waals surface area contributed by atoms with E-state index in [1.54, 1.807) is 0 Å². The molecule has 0 aliphatic carbocycles. The van der Waals surface area contributed by atoms with Gasteiger partial charge in [-0.2, -0.15) is 0 Å². The quantitative estimate of drug-likeness (QED) is 0.369. The molecule has 1 spiro atoms. The predicted octanol–water partition coefficient (Wildman–Crippen LogP) is 4.05. The van der Waals surface area contributed by atoms with Crippen LogP contribution in [0, 0.1) is 5.92 Å². The molecule has 146 valence electrons. The van der Waals surface area contributed by atoms with Crippen LogP contribution < -0.4 is 0 Å². The Morgan fingerprint density at radius 3 is 2.54 bits per heavy atom. The van der Waals surface area contributed by atoms with Gasteiger partial charge in [0.05, 0.1) is 17.3 Å². The highest BCUT2D eigenvalue weighted by atomic mass is 17.2. The zero-order chi connectivity index (χ0) is 18.6. The first kappa shape index (κ1) is 17.6. The second-order valence-corrected chi connectivity index (χ2v) is 10.4. The average Bonchev–Trinajstić information content (AvgIpc) is 2.82. The summed E-state index contributed by atoms with van der Waals surface area (Å²) < 4.78 is 19.4. The maximum atomic E-state index is 6.65. The molecule has 26 heavy (non-hydrogen) atoms. The van der Waals surface area contributed by atoms with Crippen LogP contribution in [0.2, 0.25) is 0 Å². The lowest BCUT2D eigenvalue weighted by molar-refractivity contribution is -0.343. The Morgan fingerprint density at radius 1 is 1.00 bits per heavy atom. The monoisotopic (exact) mass is 364 g/mol. The van der Waals surface area contributed by atoms with Crippen molar-refractivity contribution in [3.05, 3.63) is 11.6 Å². The molecule has 4 fully saturated rings. The van der Waals surface area contributed by atoms with Gasteiger partial charge >= 0.3 is 0 Å². The second kappa shape index (κ2) is 4.93. The van der Waals surface area contributed by atoms with E-state index >= 15 is 0 Å². The fraction of sp³-hybridized carbons (Fsp3) is 0.905. The summed E-state index contributed by atoms with van der Waals surface area (Å²) in [5.74, 6) is -0.00559. The lowest BCUT2D eigenvalue weighted by Gasteiger charge is -2.34. The van der Waals surface area contributed by atoms with Gasteiger partial charge in [0.25, 0.3) is 0 Å². The minimum atomic E-state index is -0.562. The summed E-state index contributed by atoms with van der Waals surface area (Å²) in [7, 11) is 0. The van der Waals surface area contributed by atoms with Gasteiger partial charge in [0.1, 0.15) is 11.7 Å². The predicted molar refractivity (Wildman–Crippen MR) is 95.4 cm³/mol. The summed E-state index contributed by atoms with van der Waals surface area (Å²) in [6.45, 7) is 12.9. The molecular weight excluding hydrogens is 332 g/mol. The average molecular weight is 364 g/mol. The standard InChI is InChI=1S/C21H32O5/c1-13-11-14-12-19(5)16(23-19)20(6)15(17(2,3)25-26-20)7-8-18(4)9-10-21(13,22-14)24-18/h7,13-14,16H,8-12H2,1-6H3/t13-,14-,16-,18+,19-,20-,21-/m0/s1. The summed E-state index contributed by atoms with van der Waals surface area (Å²) in [5, 5.41) is 0. The highest BCUT2D eigenvalue weighted by Gasteiger charge is 2.69. The lowest BCUT2D eigenvalue weighted by Crippen LogP contribution is -2.42. The van der Waals surface area contributed by atoms with Crippen molar-refractivity contribution in [3.8, 4) is 0 Å². The third kappa shape index (κ3) is 2.27. The molecule has 0 aromatic carbocycles. The van der Waals surface area contributed by atoms with Gasteiger partial charge in [-0.05, 0) is 59.5 Å². The molecule has 0 radical (unpaired) electrons. The third-order valence-electron chi connectivity index (χ3n) is 7.52. The van der Waals surface area contributed by atoms with Crippen molar-refractivity contribution in [1.82, 2.24) is 0 Å². The van der Waals surface area contributed by atoms with Gasteiger partial charge < -0.3 is 14.2 Å². The van der Waals surface area contributed by atoms with E-state index < -0.39 is 17.0 Å². The maximum Gasteiger partial charge on any atom is 0.172 e. The molecule has 5 heterocycles. The van der Waals surface area contributed by atoms with Crippen LogP contribution in [0.4, 0.5) is 0 Å². The van der Waals surface area contributed by atoms with Crippen molar-refractivity contribution in [2.45, 2.75) is 114 Å². The van der Waals surface area contributed by atoms with E-state index in [9.17, 15) is 0 Å². The van der Waals surface area contributed by atoms with Crippen LogP contribution in [0.5, 0.6) is 0 Å². The van der Waals surface area contributed by atoms with Crippen molar-refractivity contribution in [2.24, 2.45) is 5.92 Å². The highest BCUT2D eigenvalue weighted by molar-refractivity contribution is 5.34. The molecule has 0 aromatic heterocycles. The van der Waals surface area contributed by atoms with Crippen LogP contribution >= 0.6 is 0 Å². The van der Waals surface area contributed by atoms with Gasteiger partial charge in [-0.3, -0.25) is 0 Å². The van der Waals surface area contributed by atoms with Crippen molar-refractivity contribution >= 4 is 0 Å². The molecule has 4 saturated heterocycles. The number of epoxide rings is 1. The number of rotatable bonds is 0. The molecule has 0 aromatic rings. The van der Waals surface area contributed by atoms with E-state index in [1.807, 2.05) is 0 Å².